The SMILES string of the molecule is CCCOc1c(Cl)cc(/C=C2\C(=O)NC(=O)N(c3cc(C)ccc3C)C2=O)cc1OCC. The van der Waals surface area contributed by atoms with Gasteiger partial charge in [-0.05, 0) is 68.2 Å². The molecule has 1 aliphatic heterocycles. The minimum atomic E-state index is -0.790. The Balaban J connectivity index is 2.05. The summed E-state index contributed by atoms with van der Waals surface area (Å²) in [5.41, 5.74) is 2.31. The molecule has 4 amide bonds. The Morgan fingerprint density at radius 3 is 2.50 bits per heavy atom. The third-order valence-electron chi connectivity index (χ3n) is 4.80. The summed E-state index contributed by atoms with van der Waals surface area (Å²) in [7, 11) is 0. The van der Waals surface area contributed by atoms with Crippen LogP contribution in [0.3, 0.4) is 0 Å². The highest BCUT2D eigenvalue weighted by atomic mass is 35.5. The summed E-state index contributed by atoms with van der Waals surface area (Å²) in [6, 6.07) is 7.86. The number of ether oxygens (including phenoxy) is 2. The monoisotopic (exact) mass is 456 g/mol. The van der Waals surface area contributed by atoms with Crippen LogP contribution in [0.1, 0.15) is 37.0 Å². The second-order valence-corrected chi connectivity index (χ2v) is 7.77. The number of aryl methyl sites for hydroxylation is 2. The first kappa shape index (κ1) is 23.3. The molecule has 0 unspecified atom stereocenters. The summed E-state index contributed by atoms with van der Waals surface area (Å²) in [5, 5.41) is 2.53. The van der Waals surface area contributed by atoms with E-state index in [0.29, 0.717) is 41.0 Å². The number of imide groups is 2. The van der Waals surface area contributed by atoms with Gasteiger partial charge in [0, 0.05) is 0 Å². The number of nitrogens with zero attached hydrogens (tertiary/aromatic N) is 1. The number of nitrogens with one attached hydrogen (secondary N) is 1. The van der Waals surface area contributed by atoms with Gasteiger partial charge in [0.05, 0.1) is 23.9 Å². The van der Waals surface area contributed by atoms with Gasteiger partial charge in [0.25, 0.3) is 11.8 Å². The fourth-order valence-corrected chi connectivity index (χ4v) is 3.56. The standard InChI is InChI=1S/C24H25ClN2O5/c1-5-9-32-21-18(25)12-16(13-20(21)31-6-2)11-17-22(28)26-24(30)27(23(17)29)19-10-14(3)7-8-15(19)4/h7-8,10-13H,5-6,9H2,1-4H3,(H,26,28,30)/b17-11+. The predicted octanol–water partition coefficient (Wildman–Crippen LogP) is 4.81. The largest absolute Gasteiger partial charge is 0.490 e. The fourth-order valence-electron chi connectivity index (χ4n) is 3.28. The number of anilines is 1. The van der Waals surface area contributed by atoms with Crippen molar-refractivity contribution in [3.63, 3.8) is 0 Å². The van der Waals surface area contributed by atoms with Gasteiger partial charge in [-0.2, -0.15) is 0 Å². The molecule has 0 saturated carbocycles. The van der Waals surface area contributed by atoms with Crippen molar-refractivity contribution in [1.29, 1.82) is 0 Å². The maximum Gasteiger partial charge on any atom is 0.335 e. The number of hydrogen-bond donors (Lipinski definition) is 1. The Bertz CT molecular complexity index is 1110. The Hall–Kier alpha value is -3.32. The Kier molecular flexibility index (Phi) is 7.20. The maximum absolute atomic E-state index is 13.2. The van der Waals surface area contributed by atoms with Gasteiger partial charge in [0.1, 0.15) is 5.57 Å². The smallest absolute Gasteiger partial charge is 0.335 e. The summed E-state index contributed by atoms with van der Waals surface area (Å²) in [6.07, 6.45) is 2.19. The number of barbiturate groups is 1. The van der Waals surface area contributed by atoms with Crippen molar-refractivity contribution in [1.82, 2.24) is 5.32 Å². The van der Waals surface area contributed by atoms with Crippen LogP contribution in [0, 0.1) is 13.8 Å². The number of hydrogen-bond acceptors (Lipinski definition) is 5. The van der Waals surface area contributed by atoms with Crippen molar-refractivity contribution in [3.05, 3.63) is 57.6 Å². The molecule has 1 aliphatic rings. The predicted molar refractivity (Wildman–Crippen MR) is 123 cm³/mol. The summed E-state index contributed by atoms with van der Waals surface area (Å²) in [6.45, 7) is 8.30. The fraction of sp³-hybridized carbons (Fsp3) is 0.292. The van der Waals surface area contributed by atoms with E-state index >= 15 is 0 Å². The summed E-state index contributed by atoms with van der Waals surface area (Å²) < 4.78 is 11.3. The molecular weight excluding hydrogens is 432 g/mol. The highest BCUT2D eigenvalue weighted by Crippen LogP contribution is 2.38. The highest BCUT2D eigenvalue weighted by Gasteiger charge is 2.37. The zero-order chi connectivity index (χ0) is 23.4. The van der Waals surface area contributed by atoms with E-state index in [4.69, 9.17) is 21.1 Å². The van der Waals surface area contributed by atoms with Crippen molar-refractivity contribution in [2.24, 2.45) is 0 Å². The molecule has 3 rings (SSSR count). The number of carbonyl (C=O) groups is 3. The maximum atomic E-state index is 13.2. The number of halogens is 1. The third kappa shape index (κ3) is 4.78. The molecule has 1 saturated heterocycles. The molecule has 0 atom stereocenters. The molecule has 2 aromatic rings. The topological polar surface area (TPSA) is 84.9 Å². The lowest BCUT2D eigenvalue weighted by molar-refractivity contribution is -0.122. The van der Waals surface area contributed by atoms with E-state index in [9.17, 15) is 14.4 Å². The van der Waals surface area contributed by atoms with Gasteiger partial charge in [0.15, 0.2) is 11.5 Å². The molecule has 32 heavy (non-hydrogen) atoms. The first-order chi connectivity index (χ1) is 15.3. The summed E-state index contributed by atoms with van der Waals surface area (Å²) >= 11 is 6.40. The van der Waals surface area contributed by atoms with Gasteiger partial charge in [-0.3, -0.25) is 14.9 Å². The third-order valence-corrected chi connectivity index (χ3v) is 5.08. The number of urea groups is 1. The molecule has 0 radical (unpaired) electrons. The van der Waals surface area contributed by atoms with Gasteiger partial charge < -0.3 is 9.47 Å². The minimum Gasteiger partial charge on any atom is -0.490 e. The molecule has 0 aliphatic carbocycles. The molecule has 1 fully saturated rings. The lowest BCUT2D eigenvalue weighted by Gasteiger charge is -2.28. The molecule has 0 bridgehead atoms. The first-order valence-corrected chi connectivity index (χ1v) is 10.7. The number of carbonyl (C=O) groups excluding carboxylic acids is 3. The van der Waals surface area contributed by atoms with Crippen LogP contribution in [-0.4, -0.2) is 31.1 Å². The Morgan fingerprint density at radius 2 is 1.81 bits per heavy atom. The first-order valence-electron chi connectivity index (χ1n) is 10.3. The second-order valence-electron chi connectivity index (χ2n) is 7.36. The molecular formula is C24H25ClN2O5. The van der Waals surface area contributed by atoms with Crippen LogP contribution in [-0.2, 0) is 9.59 Å². The quantitative estimate of drug-likeness (QED) is 0.477. The van der Waals surface area contributed by atoms with Gasteiger partial charge in [-0.1, -0.05) is 30.7 Å². The Morgan fingerprint density at radius 1 is 1.06 bits per heavy atom. The van der Waals surface area contributed by atoms with Crippen molar-refractivity contribution >= 4 is 41.2 Å². The normalized spacial score (nSPS) is 15.2. The molecule has 0 aromatic heterocycles. The van der Waals surface area contributed by atoms with E-state index in [1.54, 1.807) is 25.1 Å². The Labute approximate surface area is 191 Å². The number of amides is 4. The van der Waals surface area contributed by atoms with E-state index in [2.05, 4.69) is 5.32 Å². The van der Waals surface area contributed by atoms with E-state index in [1.165, 1.54) is 6.08 Å². The average molecular weight is 457 g/mol. The van der Waals surface area contributed by atoms with Crippen molar-refractivity contribution < 1.29 is 23.9 Å². The van der Waals surface area contributed by atoms with E-state index in [1.807, 2.05) is 32.9 Å². The number of benzene rings is 2. The van der Waals surface area contributed by atoms with Crippen LogP contribution in [0.2, 0.25) is 5.02 Å². The van der Waals surface area contributed by atoms with Crippen LogP contribution in [0.5, 0.6) is 11.5 Å². The van der Waals surface area contributed by atoms with Gasteiger partial charge in [0.2, 0.25) is 0 Å². The zero-order valence-electron chi connectivity index (χ0n) is 18.5. The molecule has 1 N–H and O–H groups in total. The van der Waals surface area contributed by atoms with Gasteiger partial charge >= 0.3 is 6.03 Å². The van der Waals surface area contributed by atoms with E-state index < -0.39 is 17.8 Å². The molecule has 2 aromatic carbocycles. The lowest BCUT2D eigenvalue weighted by Crippen LogP contribution is -2.54. The highest BCUT2D eigenvalue weighted by molar-refractivity contribution is 6.39. The number of rotatable bonds is 7. The van der Waals surface area contributed by atoms with E-state index in [-0.39, 0.29) is 5.57 Å². The van der Waals surface area contributed by atoms with Crippen LogP contribution < -0.4 is 19.7 Å². The summed E-state index contributed by atoms with van der Waals surface area (Å²) in [4.78, 5) is 39.2. The van der Waals surface area contributed by atoms with Crippen LogP contribution >= 0.6 is 11.6 Å². The van der Waals surface area contributed by atoms with E-state index in [0.717, 1.165) is 22.4 Å². The molecule has 0 spiro atoms. The average Bonchev–Trinajstić information content (AvgIpc) is 2.73. The second kappa shape index (κ2) is 9.87. The van der Waals surface area contributed by atoms with Crippen molar-refractivity contribution in [2.75, 3.05) is 18.1 Å². The van der Waals surface area contributed by atoms with Crippen LogP contribution in [0.4, 0.5) is 10.5 Å². The van der Waals surface area contributed by atoms with Crippen molar-refractivity contribution in [2.45, 2.75) is 34.1 Å². The van der Waals surface area contributed by atoms with Crippen LogP contribution in [0.25, 0.3) is 6.08 Å². The van der Waals surface area contributed by atoms with Crippen LogP contribution in [0.15, 0.2) is 35.9 Å². The zero-order valence-corrected chi connectivity index (χ0v) is 19.2. The summed E-state index contributed by atoms with van der Waals surface area (Å²) in [5.74, 6) is -0.676. The molecule has 1 heterocycles. The molecule has 7 nitrogen and oxygen atoms in total. The van der Waals surface area contributed by atoms with Crippen molar-refractivity contribution in [3.8, 4) is 11.5 Å². The van der Waals surface area contributed by atoms with Gasteiger partial charge in [-0.15, -0.1) is 0 Å². The van der Waals surface area contributed by atoms with Gasteiger partial charge in [-0.25, -0.2) is 9.69 Å². The molecule has 168 valence electrons. The minimum absolute atomic E-state index is 0.189. The lowest BCUT2D eigenvalue weighted by atomic mass is 10.0. The molecule has 8 heteroatoms.